The summed E-state index contributed by atoms with van der Waals surface area (Å²) in [5.41, 5.74) is 1.04. The average molecular weight is 533 g/mol. The number of thiazole rings is 1. The van der Waals surface area contributed by atoms with Gasteiger partial charge in [-0.15, -0.1) is 11.3 Å². The van der Waals surface area contributed by atoms with Crippen molar-refractivity contribution in [3.63, 3.8) is 0 Å². The van der Waals surface area contributed by atoms with Gasteiger partial charge in [-0.05, 0) is 42.0 Å². The molecule has 1 saturated heterocycles. The lowest BCUT2D eigenvalue weighted by molar-refractivity contribution is -0.132. The Kier molecular flexibility index (Phi) is 6.00. The van der Waals surface area contributed by atoms with Crippen molar-refractivity contribution in [1.29, 1.82) is 0 Å². The Hall–Kier alpha value is -3.75. The molecule has 1 aliphatic rings. The topological polar surface area (TPSA) is 79.7 Å². The van der Waals surface area contributed by atoms with Crippen LogP contribution in [-0.2, 0) is 9.59 Å². The second kappa shape index (κ2) is 9.24. The van der Waals surface area contributed by atoms with Crippen molar-refractivity contribution in [2.75, 3.05) is 4.90 Å². The van der Waals surface area contributed by atoms with Crippen LogP contribution in [0.2, 0.25) is 0 Å². The first kappa shape index (κ1) is 22.1. The molecule has 1 aliphatic heterocycles. The summed E-state index contributed by atoms with van der Waals surface area (Å²) in [6.07, 6.45) is 1.57. The summed E-state index contributed by atoms with van der Waals surface area (Å²) in [6.45, 7) is 0. The van der Waals surface area contributed by atoms with Crippen LogP contribution in [-0.4, -0.2) is 21.8 Å². The van der Waals surface area contributed by atoms with Crippen LogP contribution < -0.4 is 9.64 Å². The minimum atomic E-state index is -0.867. The SMILES string of the molecule is O=C1C(=O)N(c2nccs2)[C@@H](c2cccc(Oc3ccccc3)c2)/C1=C(\O)c1ccc(Br)cc1. The number of carbonyl (C=O) groups is 2. The van der Waals surface area contributed by atoms with E-state index in [1.165, 1.54) is 16.2 Å². The highest BCUT2D eigenvalue weighted by molar-refractivity contribution is 9.10. The molecular weight excluding hydrogens is 516 g/mol. The van der Waals surface area contributed by atoms with E-state index < -0.39 is 17.7 Å². The maximum absolute atomic E-state index is 13.2. The Bertz CT molecular complexity index is 1390. The van der Waals surface area contributed by atoms with Crippen LogP contribution in [0.15, 0.2) is 100 Å². The molecule has 0 saturated carbocycles. The van der Waals surface area contributed by atoms with E-state index in [0.717, 1.165) is 4.47 Å². The number of ether oxygens (including phenoxy) is 1. The van der Waals surface area contributed by atoms with Crippen molar-refractivity contribution in [3.05, 3.63) is 112 Å². The first-order valence-electron chi connectivity index (χ1n) is 10.3. The van der Waals surface area contributed by atoms with Gasteiger partial charge in [-0.1, -0.05) is 58.4 Å². The van der Waals surface area contributed by atoms with Crippen LogP contribution >= 0.6 is 27.3 Å². The fourth-order valence-electron chi connectivity index (χ4n) is 3.82. The molecule has 3 aromatic carbocycles. The highest BCUT2D eigenvalue weighted by atomic mass is 79.9. The fraction of sp³-hybridized carbons (Fsp3) is 0.0385. The standard InChI is InChI=1S/C26H17BrN2O4S/c27-18-11-9-16(10-12-18)23(30)21-22(29(25(32)24(21)31)26-28-13-14-34-26)17-5-4-8-20(15-17)33-19-6-2-1-3-7-19/h1-15,22,30H/b23-21+/t22-/m0/s1. The van der Waals surface area contributed by atoms with Crippen molar-refractivity contribution in [1.82, 2.24) is 4.98 Å². The first-order chi connectivity index (χ1) is 16.5. The zero-order valence-electron chi connectivity index (χ0n) is 17.6. The van der Waals surface area contributed by atoms with Gasteiger partial charge in [-0.3, -0.25) is 14.5 Å². The van der Waals surface area contributed by atoms with Gasteiger partial charge in [-0.25, -0.2) is 4.98 Å². The molecule has 6 nitrogen and oxygen atoms in total. The number of benzene rings is 3. The highest BCUT2D eigenvalue weighted by Crippen LogP contribution is 2.43. The van der Waals surface area contributed by atoms with Gasteiger partial charge in [0, 0.05) is 21.6 Å². The van der Waals surface area contributed by atoms with Gasteiger partial charge < -0.3 is 9.84 Å². The Morgan fingerprint density at radius 2 is 1.71 bits per heavy atom. The highest BCUT2D eigenvalue weighted by Gasteiger charge is 2.48. The van der Waals surface area contributed by atoms with Gasteiger partial charge in [0.05, 0.1) is 11.6 Å². The van der Waals surface area contributed by atoms with E-state index in [1.807, 2.05) is 30.3 Å². The number of nitrogens with zero attached hydrogens (tertiary/aromatic N) is 2. The van der Waals surface area contributed by atoms with Gasteiger partial charge in [0.15, 0.2) is 5.13 Å². The zero-order valence-corrected chi connectivity index (χ0v) is 20.0. The average Bonchev–Trinajstić information content (AvgIpc) is 3.47. The normalized spacial score (nSPS) is 17.2. The lowest BCUT2D eigenvalue weighted by Gasteiger charge is -2.23. The molecule has 0 aliphatic carbocycles. The summed E-state index contributed by atoms with van der Waals surface area (Å²) in [4.78, 5) is 31.9. The lowest BCUT2D eigenvalue weighted by atomic mass is 9.95. The van der Waals surface area contributed by atoms with Gasteiger partial charge in [0.1, 0.15) is 17.3 Å². The number of hydrogen-bond acceptors (Lipinski definition) is 6. The lowest BCUT2D eigenvalue weighted by Crippen LogP contribution is -2.29. The summed E-state index contributed by atoms with van der Waals surface area (Å²) in [6, 6.07) is 22.5. The largest absolute Gasteiger partial charge is 0.507 e. The van der Waals surface area contributed by atoms with Crippen molar-refractivity contribution in [2.45, 2.75) is 6.04 Å². The number of ketones is 1. The number of hydrogen-bond donors (Lipinski definition) is 1. The van der Waals surface area contributed by atoms with Crippen LogP contribution in [0.4, 0.5) is 5.13 Å². The summed E-state index contributed by atoms with van der Waals surface area (Å²) in [5, 5.41) is 13.3. The number of para-hydroxylation sites is 1. The van der Waals surface area contributed by atoms with Crippen molar-refractivity contribution >= 4 is 49.8 Å². The minimum absolute atomic E-state index is 0.000571. The van der Waals surface area contributed by atoms with Gasteiger partial charge >= 0.3 is 5.91 Å². The Morgan fingerprint density at radius 3 is 2.41 bits per heavy atom. The maximum atomic E-state index is 13.2. The van der Waals surface area contributed by atoms with Gasteiger partial charge in [0.25, 0.3) is 5.78 Å². The predicted octanol–water partition coefficient (Wildman–Crippen LogP) is 6.32. The maximum Gasteiger partial charge on any atom is 0.301 e. The van der Waals surface area contributed by atoms with Crippen molar-refractivity contribution in [2.24, 2.45) is 0 Å². The number of aliphatic hydroxyl groups is 1. The van der Waals surface area contributed by atoms with Crippen molar-refractivity contribution < 1.29 is 19.4 Å². The molecule has 34 heavy (non-hydrogen) atoms. The summed E-state index contributed by atoms with van der Waals surface area (Å²) in [7, 11) is 0. The summed E-state index contributed by atoms with van der Waals surface area (Å²) in [5.74, 6) is -0.562. The molecule has 2 heterocycles. The van der Waals surface area contributed by atoms with Crippen LogP contribution in [0.1, 0.15) is 17.2 Å². The van der Waals surface area contributed by atoms with E-state index in [-0.39, 0.29) is 11.3 Å². The Morgan fingerprint density at radius 1 is 0.971 bits per heavy atom. The smallest absolute Gasteiger partial charge is 0.301 e. The molecule has 4 aromatic rings. The molecule has 1 atom stereocenters. The number of aromatic nitrogens is 1. The monoisotopic (exact) mass is 532 g/mol. The molecule has 0 spiro atoms. The minimum Gasteiger partial charge on any atom is -0.507 e. The molecule has 1 N–H and O–H groups in total. The van der Waals surface area contributed by atoms with Crippen LogP contribution in [0, 0.1) is 0 Å². The third-order valence-corrected chi connectivity index (χ3v) is 6.64. The molecule has 0 bridgehead atoms. The van der Waals surface area contributed by atoms with E-state index in [1.54, 1.807) is 60.1 Å². The van der Waals surface area contributed by atoms with E-state index in [2.05, 4.69) is 20.9 Å². The third-order valence-electron chi connectivity index (χ3n) is 5.34. The van der Waals surface area contributed by atoms with Crippen LogP contribution in [0.25, 0.3) is 5.76 Å². The number of amides is 1. The number of anilines is 1. The summed E-state index contributed by atoms with van der Waals surface area (Å²) >= 11 is 4.61. The molecule has 168 valence electrons. The molecule has 0 radical (unpaired) electrons. The number of carbonyl (C=O) groups excluding carboxylic acids is 2. The Balaban J connectivity index is 1.64. The van der Waals surface area contributed by atoms with E-state index in [9.17, 15) is 14.7 Å². The molecule has 1 aromatic heterocycles. The van der Waals surface area contributed by atoms with E-state index in [0.29, 0.717) is 27.8 Å². The third kappa shape index (κ3) is 4.13. The molecule has 5 rings (SSSR count). The first-order valence-corrected chi connectivity index (χ1v) is 12.0. The molecule has 8 heteroatoms. The Labute approximate surface area is 207 Å². The number of Topliss-reactive ketones (excluding diaryl/α,β-unsaturated/α-hetero) is 1. The molecular formula is C26H17BrN2O4S. The van der Waals surface area contributed by atoms with Gasteiger partial charge in [0.2, 0.25) is 0 Å². The van der Waals surface area contributed by atoms with E-state index in [4.69, 9.17) is 4.74 Å². The molecule has 1 fully saturated rings. The fourth-order valence-corrected chi connectivity index (χ4v) is 4.75. The predicted molar refractivity (Wildman–Crippen MR) is 134 cm³/mol. The van der Waals surface area contributed by atoms with Crippen LogP contribution in [0.3, 0.4) is 0 Å². The number of aliphatic hydroxyl groups excluding tert-OH is 1. The zero-order chi connectivity index (χ0) is 23.7. The second-order valence-electron chi connectivity index (χ2n) is 7.48. The van der Waals surface area contributed by atoms with Gasteiger partial charge in [-0.2, -0.15) is 0 Å². The number of halogens is 1. The quantitative estimate of drug-likeness (QED) is 0.184. The number of rotatable bonds is 5. The van der Waals surface area contributed by atoms with Crippen molar-refractivity contribution in [3.8, 4) is 11.5 Å². The van der Waals surface area contributed by atoms with E-state index >= 15 is 0 Å². The second-order valence-corrected chi connectivity index (χ2v) is 9.27. The van der Waals surface area contributed by atoms with Crippen LogP contribution in [0.5, 0.6) is 11.5 Å². The summed E-state index contributed by atoms with van der Waals surface area (Å²) < 4.78 is 6.79. The molecule has 1 amide bonds. The molecule has 0 unspecified atom stereocenters.